The predicted octanol–water partition coefficient (Wildman–Crippen LogP) is 5.76. The quantitative estimate of drug-likeness (QED) is 0.442. The molecule has 2 aromatic rings. The van der Waals surface area contributed by atoms with Crippen LogP contribution >= 0.6 is 0 Å². The second-order valence-corrected chi connectivity index (χ2v) is 11.4. The number of rotatable bonds is 9. The number of aromatic nitrogens is 1. The second-order valence-electron chi connectivity index (χ2n) is 11.4. The molecule has 0 aliphatic heterocycles. The average molecular weight is 499 g/mol. The molecule has 0 bridgehead atoms. The number of amides is 1. The van der Waals surface area contributed by atoms with Crippen LogP contribution in [0.5, 0.6) is 0 Å². The van der Waals surface area contributed by atoms with Crippen molar-refractivity contribution < 1.29 is 23.5 Å². The highest BCUT2D eigenvalue weighted by Gasteiger charge is 2.33. The third-order valence-corrected chi connectivity index (χ3v) is 6.56. The van der Waals surface area contributed by atoms with E-state index in [2.05, 4.69) is 10.3 Å². The van der Waals surface area contributed by atoms with Gasteiger partial charge in [-0.3, -0.25) is 4.79 Å². The van der Waals surface area contributed by atoms with Crippen molar-refractivity contribution in [3.05, 3.63) is 41.3 Å². The zero-order valence-corrected chi connectivity index (χ0v) is 22.8. The van der Waals surface area contributed by atoms with Crippen molar-refractivity contribution in [2.24, 2.45) is 17.8 Å². The van der Waals surface area contributed by atoms with Crippen LogP contribution in [0, 0.1) is 31.6 Å². The average Bonchev–Trinajstić information content (AvgIpc) is 3.17. The zero-order valence-electron chi connectivity index (χ0n) is 22.8. The number of nitrogens with zero attached hydrogens (tertiary/aromatic N) is 1. The number of hydrogen-bond donors (Lipinski definition) is 1. The van der Waals surface area contributed by atoms with Crippen LogP contribution in [0.1, 0.15) is 77.3 Å². The Morgan fingerprint density at radius 1 is 1.14 bits per heavy atom. The molecular formula is C29H42N2O5. The molecule has 1 aromatic carbocycles. The van der Waals surface area contributed by atoms with Gasteiger partial charge in [0.15, 0.2) is 0 Å². The van der Waals surface area contributed by atoms with Crippen LogP contribution < -0.4 is 5.32 Å². The Balaban J connectivity index is 1.51. The Bertz CT molecular complexity index is 1020. The number of esters is 1. The van der Waals surface area contributed by atoms with E-state index in [1.165, 1.54) is 5.56 Å². The lowest BCUT2D eigenvalue weighted by molar-refractivity contribution is -0.160. The first-order valence-corrected chi connectivity index (χ1v) is 13.1. The van der Waals surface area contributed by atoms with Crippen molar-refractivity contribution in [2.75, 3.05) is 6.61 Å². The molecule has 1 fully saturated rings. The zero-order chi connectivity index (χ0) is 26.5. The van der Waals surface area contributed by atoms with Crippen LogP contribution in [0.2, 0.25) is 0 Å². The van der Waals surface area contributed by atoms with Crippen LogP contribution in [0.4, 0.5) is 0 Å². The number of oxazole rings is 1. The number of ether oxygens (including phenoxy) is 2. The summed E-state index contributed by atoms with van der Waals surface area (Å²) in [5.74, 6) is 1.02. The first-order chi connectivity index (χ1) is 16.9. The molecule has 7 nitrogen and oxygen atoms in total. The third-order valence-electron chi connectivity index (χ3n) is 6.56. The van der Waals surface area contributed by atoms with Gasteiger partial charge in [0, 0.05) is 18.1 Å². The summed E-state index contributed by atoms with van der Waals surface area (Å²) in [5.41, 5.74) is 2.34. The standard InChI is InChI=1S/C29H42N2O5/c1-18(2)25(28(33)36-29(5,6)7)31-26(32)23-10-8-9-21(15-23)16-34-17-24-20(4)35-27(30-24)22-13-11-19(3)12-14-22/h11-14,18,21,23,25H,8-10,15-17H2,1-7H3,(H,31,32)/t21?,23?,25-/m0/s1. The molecule has 1 saturated carbocycles. The lowest BCUT2D eigenvalue weighted by Gasteiger charge is -2.31. The van der Waals surface area contributed by atoms with Gasteiger partial charge in [-0.25, -0.2) is 9.78 Å². The van der Waals surface area contributed by atoms with Gasteiger partial charge >= 0.3 is 5.97 Å². The molecular weight excluding hydrogens is 456 g/mol. The van der Waals surface area contributed by atoms with Crippen LogP contribution in [-0.2, 0) is 25.7 Å². The van der Waals surface area contributed by atoms with E-state index in [9.17, 15) is 9.59 Å². The fourth-order valence-corrected chi connectivity index (χ4v) is 4.52. The Hall–Kier alpha value is -2.67. The van der Waals surface area contributed by atoms with Gasteiger partial charge < -0.3 is 19.2 Å². The molecule has 1 amide bonds. The molecule has 1 aliphatic carbocycles. The molecule has 1 heterocycles. The Kier molecular flexibility index (Phi) is 9.34. The van der Waals surface area contributed by atoms with Crippen LogP contribution in [0.25, 0.3) is 11.5 Å². The molecule has 0 radical (unpaired) electrons. The summed E-state index contributed by atoms with van der Waals surface area (Å²) in [6.45, 7) is 14.2. The summed E-state index contributed by atoms with van der Waals surface area (Å²) in [6.07, 6.45) is 3.56. The van der Waals surface area contributed by atoms with Gasteiger partial charge in [0.1, 0.15) is 23.1 Å². The minimum Gasteiger partial charge on any atom is -0.458 e. The topological polar surface area (TPSA) is 90.7 Å². The molecule has 2 unspecified atom stereocenters. The maximum Gasteiger partial charge on any atom is 0.329 e. The Morgan fingerprint density at radius 3 is 2.47 bits per heavy atom. The van der Waals surface area contributed by atoms with E-state index in [4.69, 9.17) is 13.9 Å². The number of aryl methyl sites for hydroxylation is 2. The van der Waals surface area contributed by atoms with E-state index in [-0.39, 0.29) is 29.6 Å². The molecule has 3 atom stereocenters. The van der Waals surface area contributed by atoms with Crippen molar-refractivity contribution in [1.29, 1.82) is 0 Å². The van der Waals surface area contributed by atoms with Crippen molar-refractivity contribution >= 4 is 11.9 Å². The normalized spacial score (nSPS) is 19.2. The SMILES string of the molecule is Cc1ccc(-c2nc(COCC3CCCC(C(=O)N[C@H](C(=O)OC(C)(C)C)C(C)C)C3)c(C)o2)cc1. The van der Waals surface area contributed by atoms with Crippen molar-refractivity contribution in [3.63, 3.8) is 0 Å². The Labute approximate surface area is 215 Å². The van der Waals surface area contributed by atoms with Gasteiger partial charge in [0.2, 0.25) is 11.8 Å². The summed E-state index contributed by atoms with van der Waals surface area (Å²) in [4.78, 5) is 30.3. The van der Waals surface area contributed by atoms with Crippen molar-refractivity contribution in [1.82, 2.24) is 10.3 Å². The van der Waals surface area contributed by atoms with E-state index < -0.39 is 11.6 Å². The van der Waals surface area contributed by atoms with Gasteiger partial charge in [-0.2, -0.15) is 0 Å². The van der Waals surface area contributed by atoms with Gasteiger partial charge in [0.25, 0.3) is 0 Å². The highest BCUT2D eigenvalue weighted by atomic mass is 16.6. The van der Waals surface area contributed by atoms with E-state index >= 15 is 0 Å². The first-order valence-electron chi connectivity index (χ1n) is 13.1. The monoisotopic (exact) mass is 498 g/mol. The lowest BCUT2D eigenvalue weighted by atomic mass is 9.81. The van der Waals surface area contributed by atoms with Gasteiger partial charge in [0.05, 0.1) is 6.61 Å². The van der Waals surface area contributed by atoms with Crippen LogP contribution in [-0.4, -0.2) is 35.1 Å². The maximum absolute atomic E-state index is 13.0. The van der Waals surface area contributed by atoms with Gasteiger partial charge in [-0.05, 0) is 77.8 Å². The highest BCUT2D eigenvalue weighted by Crippen LogP contribution is 2.30. The number of benzene rings is 1. The predicted molar refractivity (Wildman–Crippen MR) is 139 cm³/mol. The van der Waals surface area contributed by atoms with E-state index in [0.717, 1.165) is 42.7 Å². The summed E-state index contributed by atoms with van der Waals surface area (Å²) in [6, 6.07) is 7.44. The number of nitrogens with one attached hydrogen (secondary N) is 1. The summed E-state index contributed by atoms with van der Waals surface area (Å²) < 4.78 is 17.4. The third kappa shape index (κ3) is 7.92. The lowest BCUT2D eigenvalue weighted by Crippen LogP contribution is -2.49. The van der Waals surface area contributed by atoms with Crippen molar-refractivity contribution in [2.45, 2.75) is 92.4 Å². The van der Waals surface area contributed by atoms with E-state index in [0.29, 0.717) is 19.1 Å². The number of carbonyl (C=O) groups is 2. The molecule has 7 heteroatoms. The van der Waals surface area contributed by atoms with E-state index in [1.807, 2.05) is 72.7 Å². The highest BCUT2D eigenvalue weighted by molar-refractivity contribution is 5.86. The first kappa shape index (κ1) is 27.9. The number of carbonyl (C=O) groups excluding carboxylic acids is 2. The van der Waals surface area contributed by atoms with Gasteiger partial charge in [-0.1, -0.05) is 38.0 Å². The molecule has 1 aliphatic rings. The van der Waals surface area contributed by atoms with Gasteiger partial charge in [-0.15, -0.1) is 0 Å². The maximum atomic E-state index is 13.0. The minimum absolute atomic E-state index is 0.0537. The fraction of sp³-hybridized carbons (Fsp3) is 0.621. The molecule has 0 saturated heterocycles. The molecule has 36 heavy (non-hydrogen) atoms. The number of hydrogen-bond acceptors (Lipinski definition) is 6. The molecule has 198 valence electrons. The fourth-order valence-electron chi connectivity index (χ4n) is 4.52. The summed E-state index contributed by atoms with van der Waals surface area (Å²) >= 11 is 0. The summed E-state index contributed by atoms with van der Waals surface area (Å²) in [5, 5.41) is 2.96. The second kappa shape index (κ2) is 12.0. The molecule has 1 aromatic heterocycles. The molecule has 3 rings (SSSR count). The Morgan fingerprint density at radius 2 is 1.83 bits per heavy atom. The van der Waals surface area contributed by atoms with Crippen LogP contribution in [0.3, 0.4) is 0 Å². The van der Waals surface area contributed by atoms with Crippen LogP contribution in [0.15, 0.2) is 28.7 Å². The van der Waals surface area contributed by atoms with Crippen molar-refractivity contribution in [3.8, 4) is 11.5 Å². The minimum atomic E-state index is -0.647. The smallest absolute Gasteiger partial charge is 0.329 e. The van der Waals surface area contributed by atoms with E-state index in [1.54, 1.807) is 0 Å². The summed E-state index contributed by atoms with van der Waals surface area (Å²) in [7, 11) is 0. The molecule has 0 spiro atoms. The largest absolute Gasteiger partial charge is 0.458 e. The molecule has 1 N–H and O–H groups in total.